The van der Waals surface area contributed by atoms with E-state index < -0.39 is 5.60 Å². The summed E-state index contributed by atoms with van der Waals surface area (Å²) in [6.07, 6.45) is 2.99. The molecule has 1 aliphatic heterocycles. The smallest absolute Gasteiger partial charge is 0.0995 e. The Kier molecular flexibility index (Phi) is 6.70. The first-order chi connectivity index (χ1) is 13.6. The van der Waals surface area contributed by atoms with Crippen molar-refractivity contribution in [2.75, 3.05) is 19.6 Å². The van der Waals surface area contributed by atoms with Crippen molar-refractivity contribution < 1.29 is 5.11 Å². The highest BCUT2D eigenvalue weighted by Crippen LogP contribution is 2.33. The van der Waals surface area contributed by atoms with Crippen LogP contribution in [0.25, 0.3) is 0 Å². The zero-order valence-corrected chi connectivity index (χ0v) is 16.6. The van der Waals surface area contributed by atoms with Crippen LogP contribution in [0.1, 0.15) is 48.3 Å². The second kappa shape index (κ2) is 9.22. The molecule has 3 rings (SSSR count). The average Bonchev–Trinajstić information content (AvgIpc) is 2.73. The number of nitrogens with zero attached hydrogens (tertiary/aromatic N) is 3. The first-order valence-electron chi connectivity index (χ1n) is 9.65. The van der Waals surface area contributed by atoms with Gasteiger partial charge < -0.3 is 10.0 Å². The molecule has 1 atom stereocenters. The van der Waals surface area contributed by atoms with Gasteiger partial charge in [-0.1, -0.05) is 41.9 Å². The molecule has 2 aromatic rings. The molecule has 0 radical (unpaired) electrons. The molecule has 1 aliphatic rings. The third kappa shape index (κ3) is 4.72. The van der Waals surface area contributed by atoms with Crippen LogP contribution in [0.4, 0.5) is 0 Å². The Morgan fingerprint density at radius 2 is 1.75 bits per heavy atom. The second-order valence-corrected chi connectivity index (χ2v) is 7.84. The van der Waals surface area contributed by atoms with E-state index in [1.807, 2.05) is 42.5 Å². The molecule has 5 heteroatoms. The predicted octanol–water partition coefficient (Wildman–Crippen LogP) is 4.58. The number of piperidine rings is 1. The van der Waals surface area contributed by atoms with Gasteiger partial charge in [-0.2, -0.15) is 10.5 Å². The molecule has 0 saturated carbocycles. The standard InChI is InChI=1S/C23H24ClN3O/c24-21-9-7-20(8-10-21)23(28)11-14-27(15-12-23)13-3-5-19(17-26)22-6-2-1-4-18(22)16-25/h1-2,4,6-10,19,28H,3,5,11-15H2. The molecule has 0 aromatic heterocycles. The molecule has 4 nitrogen and oxygen atoms in total. The summed E-state index contributed by atoms with van der Waals surface area (Å²) in [6, 6.07) is 19.3. The maximum Gasteiger partial charge on any atom is 0.0995 e. The quantitative estimate of drug-likeness (QED) is 0.779. The van der Waals surface area contributed by atoms with E-state index in [0.29, 0.717) is 23.4 Å². The molecule has 1 heterocycles. The Balaban J connectivity index is 1.51. The summed E-state index contributed by atoms with van der Waals surface area (Å²) in [6.45, 7) is 2.54. The summed E-state index contributed by atoms with van der Waals surface area (Å²) >= 11 is 5.95. The number of benzene rings is 2. The molecule has 28 heavy (non-hydrogen) atoms. The van der Waals surface area contributed by atoms with Gasteiger partial charge in [-0.25, -0.2) is 0 Å². The Morgan fingerprint density at radius 3 is 2.39 bits per heavy atom. The van der Waals surface area contributed by atoms with Gasteiger partial charge in [-0.3, -0.25) is 0 Å². The zero-order chi connectivity index (χ0) is 20.0. The van der Waals surface area contributed by atoms with Crippen molar-refractivity contribution in [2.45, 2.75) is 37.2 Å². The fraction of sp³-hybridized carbons (Fsp3) is 0.391. The monoisotopic (exact) mass is 393 g/mol. The van der Waals surface area contributed by atoms with Gasteiger partial charge >= 0.3 is 0 Å². The predicted molar refractivity (Wildman–Crippen MR) is 110 cm³/mol. The van der Waals surface area contributed by atoms with Crippen molar-refractivity contribution in [3.63, 3.8) is 0 Å². The van der Waals surface area contributed by atoms with Gasteiger partial charge in [0.05, 0.1) is 29.2 Å². The highest BCUT2D eigenvalue weighted by Gasteiger charge is 2.33. The van der Waals surface area contributed by atoms with Crippen molar-refractivity contribution in [3.8, 4) is 12.1 Å². The van der Waals surface area contributed by atoms with Gasteiger partial charge in [0, 0.05) is 18.1 Å². The van der Waals surface area contributed by atoms with E-state index in [2.05, 4.69) is 17.0 Å². The molecule has 1 saturated heterocycles. The third-order valence-corrected chi connectivity index (χ3v) is 5.90. The van der Waals surface area contributed by atoms with Gasteiger partial charge in [-0.15, -0.1) is 0 Å². The molecular formula is C23H24ClN3O. The van der Waals surface area contributed by atoms with Crippen molar-refractivity contribution >= 4 is 11.6 Å². The lowest BCUT2D eigenvalue weighted by molar-refractivity contribution is -0.0261. The summed E-state index contributed by atoms with van der Waals surface area (Å²) < 4.78 is 0. The van der Waals surface area contributed by atoms with Gasteiger partial charge in [0.2, 0.25) is 0 Å². The van der Waals surface area contributed by atoms with Crippen LogP contribution in [0.5, 0.6) is 0 Å². The van der Waals surface area contributed by atoms with E-state index in [0.717, 1.165) is 43.6 Å². The van der Waals surface area contributed by atoms with Crippen LogP contribution in [0, 0.1) is 22.7 Å². The van der Waals surface area contributed by atoms with E-state index in [-0.39, 0.29) is 5.92 Å². The molecule has 0 amide bonds. The van der Waals surface area contributed by atoms with E-state index in [9.17, 15) is 15.6 Å². The molecule has 2 aromatic carbocycles. The Hall–Kier alpha value is -2.37. The lowest BCUT2D eigenvalue weighted by Gasteiger charge is -2.38. The van der Waals surface area contributed by atoms with Gasteiger partial charge in [0.1, 0.15) is 0 Å². The molecule has 1 unspecified atom stereocenters. The van der Waals surface area contributed by atoms with Gasteiger partial charge in [-0.05, 0) is 61.6 Å². The van der Waals surface area contributed by atoms with Crippen LogP contribution < -0.4 is 0 Å². The molecular weight excluding hydrogens is 370 g/mol. The first kappa shape index (κ1) is 20.4. The van der Waals surface area contributed by atoms with Crippen LogP contribution in [0.3, 0.4) is 0 Å². The number of rotatable bonds is 6. The Bertz CT molecular complexity index is 874. The van der Waals surface area contributed by atoms with Crippen molar-refractivity contribution in [1.82, 2.24) is 4.90 Å². The summed E-state index contributed by atoms with van der Waals surface area (Å²) in [5.41, 5.74) is 1.54. The summed E-state index contributed by atoms with van der Waals surface area (Å²) in [5, 5.41) is 30.4. The van der Waals surface area contributed by atoms with Crippen molar-refractivity contribution in [2.24, 2.45) is 0 Å². The Labute approximate surface area is 171 Å². The third-order valence-electron chi connectivity index (χ3n) is 5.64. The van der Waals surface area contributed by atoms with Crippen molar-refractivity contribution in [1.29, 1.82) is 10.5 Å². The molecule has 0 aliphatic carbocycles. The summed E-state index contributed by atoms with van der Waals surface area (Å²) in [4.78, 5) is 2.34. The molecule has 144 valence electrons. The molecule has 0 spiro atoms. The minimum Gasteiger partial charge on any atom is -0.385 e. The molecule has 1 fully saturated rings. The molecule has 1 N–H and O–H groups in total. The number of hydrogen-bond acceptors (Lipinski definition) is 4. The number of likely N-dealkylation sites (tertiary alicyclic amines) is 1. The number of nitriles is 2. The van der Waals surface area contributed by atoms with Crippen LogP contribution in [0.2, 0.25) is 5.02 Å². The molecule has 0 bridgehead atoms. The topological polar surface area (TPSA) is 71.0 Å². The SMILES string of the molecule is N#Cc1ccccc1C(C#N)CCCN1CCC(O)(c2ccc(Cl)cc2)CC1. The van der Waals surface area contributed by atoms with Crippen LogP contribution in [-0.2, 0) is 5.60 Å². The zero-order valence-electron chi connectivity index (χ0n) is 15.8. The van der Waals surface area contributed by atoms with E-state index in [1.54, 1.807) is 6.07 Å². The lowest BCUT2D eigenvalue weighted by atomic mass is 9.84. The van der Waals surface area contributed by atoms with Crippen LogP contribution >= 0.6 is 11.6 Å². The maximum absolute atomic E-state index is 11.0. The van der Waals surface area contributed by atoms with Crippen LogP contribution in [0.15, 0.2) is 48.5 Å². The number of hydrogen-bond donors (Lipinski definition) is 1. The summed E-state index contributed by atoms with van der Waals surface area (Å²) in [5.74, 6) is -0.258. The number of aliphatic hydroxyl groups is 1. The average molecular weight is 394 g/mol. The lowest BCUT2D eigenvalue weighted by Crippen LogP contribution is -2.42. The highest BCUT2D eigenvalue weighted by atomic mass is 35.5. The van der Waals surface area contributed by atoms with E-state index >= 15 is 0 Å². The van der Waals surface area contributed by atoms with E-state index in [1.165, 1.54) is 0 Å². The highest BCUT2D eigenvalue weighted by molar-refractivity contribution is 6.30. The van der Waals surface area contributed by atoms with Crippen molar-refractivity contribution in [3.05, 3.63) is 70.2 Å². The minimum atomic E-state index is -0.790. The van der Waals surface area contributed by atoms with Gasteiger partial charge in [0.15, 0.2) is 0 Å². The fourth-order valence-corrected chi connectivity index (χ4v) is 4.03. The van der Waals surface area contributed by atoms with Crippen LogP contribution in [-0.4, -0.2) is 29.6 Å². The summed E-state index contributed by atoms with van der Waals surface area (Å²) in [7, 11) is 0. The second-order valence-electron chi connectivity index (χ2n) is 7.40. The number of halogens is 1. The minimum absolute atomic E-state index is 0.258. The van der Waals surface area contributed by atoms with Gasteiger partial charge in [0.25, 0.3) is 0 Å². The Morgan fingerprint density at radius 1 is 1.07 bits per heavy atom. The van der Waals surface area contributed by atoms with E-state index in [4.69, 9.17) is 11.6 Å². The maximum atomic E-state index is 11.0. The largest absolute Gasteiger partial charge is 0.385 e. The first-order valence-corrected chi connectivity index (χ1v) is 10.0. The fourth-order valence-electron chi connectivity index (χ4n) is 3.91. The normalized spacial score (nSPS) is 17.4.